The molecular weight excluding hydrogens is 270 g/mol. The third-order valence-corrected chi connectivity index (χ3v) is 6.66. The van der Waals surface area contributed by atoms with Gasteiger partial charge in [-0.25, -0.2) is 4.99 Å². The number of hydrogen-bond acceptors (Lipinski definition) is 3. The minimum atomic E-state index is -0.223. The SMILES string of the molecule is COC1CCC2(CC1)SC(CC1CCCCC1)=NC2=O. The normalized spacial score (nSPS) is 35.5. The molecule has 3 rings (SSSR count). The Hall–Kier alpha value is -0.350. The maximum atomic E-state index is 12.3. The fraction of sp³-hybridized carbons (Fsp3) is 0.875. The second-order valence-corrected chi connectivity index (χ2v) is 8.01. The van der Waals surface area contributed by atoms with Crippen molar-refractivity contribution in [1.29, 1.82) is 0 Å². The number of rotatable bonds is 3. The molecule has 2 aliphatic carbocycles. The molecule has 3 nitrogen and oxygen atoms in total. The lowest BCUT2D eigenvalue weighted by Gasteiger charge is -2.33. The molecule has 1 heterocycles. The highest BCUT2D eigenvalue weighted by molar-refractivity contribution is 8.16. The van der Waals surface area contributed by atoms with E-state index in [9.17, 15) is 4.79 Å². The lowest BCUT2D eigenvalue weighted by molar-refractivity contribution is -0.121. The highest BCUT2D eigenvalue weighted by Crippen LogP contribution is 2.47. The van der Waals surface area contributed by atoms with E-state index in [-0.39, 0.29) is 10.7 Å². The van der Waals surface area contributed by atoms with Crippen molar-refractivity contribution in [2.75, 3.05) is 7.11 Å². The molecule has 1 spiro atoms. The predicted molar refractivity (Wildman–Crippen MR) is 83.2 cm³/mol. The first-order valence-electron chi connectivity index (χ1n) is 8.06. The van der Waals surface area contributed by atoms with Crippen molar-refractivity contribution >= 4 is 22.7 Å². The van der Waals surface area contributed by atoms with Crippen LogP contribution in [-0.4, -0.2) is 28.9 Å². The van der Waals surface area contributed by atoms with E-state index in [4.69, 9.17) is 4.74 Å². The first kappa shape index (κ1) is 14.6. The summed E-state index contributed by atoms with van der Waals surface area (Å²) in [5, 5.41) is 1.12. The molecule has 4 heteroatoms. The van der Waals surface area contributed by atoms with E-state index >= 15 is 0 Å². The van der Waals surface area contributed by atoms with Crippen LogP contribution in [-0.2, 0) is 9.53 Å². The van der Waals surface area contributed by atoms with Crippen LogP contribution in [0.4, 0.5) is 0 Å². The van der Waals surface area contributed by atoms with Gasteiger partial charge in [0.1, 0.15) is 4.75 Å². The summed E-state index contributed by atoms with van der Waals surface area (Å²) in [7, 11) is 1.78. The van der Waals surface area contributed by atoms with Gasteiger partial charge < -0.3 is 4.74 Å². The van der Waals surface area contributed by atoms with Gasteiger partial charge in [0.2, 0.25) is 0 Å². The molecule has 0 radical (unpaired) electrons. The highest BCUT2D eigenvalue weighted by Gasteiger charge is 2.47. The van der Waals surface area contributed by atoms with E-state index in [1.165, 1.54) is 32.1 Å². The number of hydrogen-bond donors (Lipinski definition) is 0. The lowest BCUT2D eigenvalue weighted by Crippen LogP contribution is -2.38. The zero-order valence-electron chi connectivity index (χ0n) is 12.4. The highest BCUT2D eigenvalue weighted by atomic mass is 32.2. The minimum Gasteiger partial charge on any atom is -0.381 e. The summed E-state index contributed by atoms with van der Waals surface area (Å²) in [6.45, 7) is 0. The monoisotopic (exact) mass is 295 g/mol. The molecule has 0 atom stereocenters. The van der Waals surface area contributed by atoms with Crippen LogP contribution in [0, 0.1) is 5.92 Å². The molecule has 0 aromatic heterocycles. The van der Waals surface area contributed by atoms with Crippen molar-refractivity contribution < 1.29 is 9.53 Å². The van der Waals surface area contributed by atoms with Gasteiger partial charge in [-0.1, -0.05) is 43.9 Å². The molecule has 0 unspecified atom stereocenters. The van der Waals surface area contributed by atoms with Crippen LogP contribution in [0.25, 0.3) is 0 Å². The van der Waals surface area contributed by atoms with Gasteiger partial charge in [0, 0.05) is 7.11 Å². The van der Waals surface area contributed by atoms with E-state index < -0.39 is 0 Å². The Morgan fingerprint density at radius 2 is 1.90 bits per heavy atom. The van der Waals surface area contributed by atoms with E-state index in [1.54, 1.807) is 18.9 Å². The second-order valence-electron chi connectivity index (χ2n) is 6.55. The summed E-state index contributed by atoms with van der Waals surface area (Å²) < 4.78 is 5.20. The molecule has 0 aromatic rings. The quantitative estimate of drug-likeness (QED) is 0.791. The number of carbonyl (C=O) groups excluding carboxylic acids is 1. The summed E-state index contributed by atoms with van der Waals surface area (Å²) in [6.07, 6.45) is 12.0. The number of nitrogens with zero attached hydrogens (tertiary/aromatic N) is 1. The summed E-state index contributed by atoms with van der Waals surface area (Å²) >= 11 is 1.79. The summed E-state index contributed by atoms with van der Waals surface area (Å²) in [6, 6.07) is 0. The van der Waals surface area contributed by atoms with Gasteiger partial charge in [0.25, 0.3) is 5.91 Å². The fourth-order valence-electron chi connectivity index (χ4n) is 3.84. The Bertz CT molecular complexity index is 393. The minimum absolute atomic E-state index is 0.142. The fourth-order valence-corrected chi connectivity index (χ4v) is 5.31. The molecule has 20 heavy (non-hydrogen) atoms. The van der Waals surface area contributed by atoms with Gasteiger partial charge in [-0.2, -0.15) is 0 Å². The predicted octanol–water partition coefficient (Wildman–Crippen LogP) is 3.96. The van der Waals surface area contributed by atoms with Crippen molar-refractivity contribution in [2.45, 2.75) is 75.1 Å². The Morgan fingerprint density at radius 1 is 1.20 bits per heavy atom. The number of thioether (sulfide) groups is 1. The molecule has 112 valence electrons. The zero-order valence-corrected chi connectivity index (χ0v) is 13.2. The average molecular weight is 295 g/mol. The van der Waals surface area contributed by atoms with E-state index in [2.05, 4.69) is 4.99 Å². The number of ether oxygens (including phenoxy) is 1. The first-order chi connectivity index (χ1) is 9.72. The van der Waals surface area contributed by atoms with Crippen LogP contribution in [0.1, 0.15) is 64.2 Å². The number of amides is 1. The van der Waals surface area contributed by atoms with Crippen molar-refractivity contribution in [1.82, 2.24) is 0 Å². The van der Waals surface area contributed by atoms with Crippen molar-refractivity contribution in [2.24, 2.45) is 10.9 Å². The third kappa shape index (κ3) is 2.96. The molecule has 0 bridgehead atoms. The summed E-state index contributed by atoms with van der Waals surface area (Å²) in [4.78, 5) is 16.8. The van der Waals surface area contributed by atoms with Gasteiger partial charge in [0.05, 0.1) is 11.1 Å². The molecular formula is C16H25NO2S. The van der Waals surface area contributed by atoms with Gasteiger partial charge >= 0.3 is 0 Å². The van der Waals surface area contributed by atoms with Gasteiger partial charge in [-0.3, -0.25) is 4.79 Å². The molecule has 0 saturated heterocycles. The van der Waals surface area contributed by atoms with Crippen LogP contribution >= 0.6 is 11.8 Å². The van der Waals surface area contributed by atoms with Gasteiger partial charge in [-0.05, 0) is 38.0 Å². The maximum Gasteiger partial charge on any atom is 0.263 e. The van der Waals surface area contributed by atoms with E-state index in [0.717, 1.165) is 43.1 Å². The van der Waals surface area contributed by atoms with Crippen molar-refractivity contribution in [3.8, 4) is 0 Å². The topological polar surface area (TPSA) is 38.7 Å². The molecule has 3 aliphatic rings. The standard InChI is InChI=1S/C16H25NO2S/c1-19-13-7-9-16(10-8-13)15(18)17-14(20-16)11-12-5-3-2-4-6-12/h12-13H,2-11H2,1H3. The van der Waals surface area contributed by atoms with Crippen LogP contribution < -0.4 is 0 Å². The molecule has 0 N–H and O–H groups in total. The largest absolute Gasteiger partial charge is 0.381 e. The smallest absolute Gasteiger partial charge is 0.263 e. The molecule has 2 fully saturated rings. The van der Waals surface area contributed by atoms with Gasteiger partial charge in [0.15, 0.2) is 0 Å². The summed E-state index contributed by atoms with van der Waals surface area (Å²) in [5.74, 6) is 0.913. The maximum absolute atomic E-state index is 12.3. The van der Waals surface area contributed by atoms with Crippen molar-refractivity contribution in [3.63, 3.8) is 0 Å². The Labute approximate surface area is 125 Å². The van der Waals surface area contributed by atoms with Crippen LogP contribution in [0.3, 0.4) is 0 Å². The Balaban J connectivity index is 1.58. The third-order valence-electron chi connectivity index (χ3n) is 5.19. The molecule has 2 saturated carbocycles. The lowest BCUT2D eigenvalue weighted by atomic mass is 9.86. The number of aliphatic imine (C=N–C) groups is 1. The van der Waals surface area contributed by atoms with Crippen LogP contribution in [0.15, 0.2) is 4.99 Å². The zero-order chi connectivity index (χ0) is 14.0. The second kappa shape index (κ2) is 6.18. The molecule has 1 aliphatic heterocycles. The average Bonchev–Trinajstić information content (AvgIpc) is 2.77. The summed E-state index contributed by atoms with van der Waals surface area (Å²) in [5.41, 5.74) is 0. The van der Waals surface area contributed by atoms with E-state index in [0.29, 0.717) is 6.10 Å². The van der Waals surface area contributed by atoms with Crippen LogP contribution in [0.2, 0.25) is 0 Å². The van der Waals surface area contributed by atoms with E-state index in [1.807, 2.05) is 0 Å². The molecule has 0 aromatic carbocycles. The number of carbonyl (C=O) groups is 1. The van der Waals surface area contributed by atoms with Crippen molar-refractivity contribution in [3.05, 3.63) is 0 Å². The van der Waals surface area contributed by atoms with Crippen LogP contribution in [0.5, 0.6) is 0 Å². The Morgan fingerprint density at radius 3 is 2.55 bits per heavy atom. The molecule has 1 amide bonds. The number of methoxy groups -OCH3 is 1. The Kier molecular flexibility index (Phi) is 4.51. The first-order valence-corrected chi connectivity index (χ1v) is 8.87. The van der Waals surface area contributed by atoms with Gasteiger partial charge in [-0.15, -0.1) is 0 Å².